The van der Waals surface area contributed by atoms with Crippen molar-refractivity contribution in [2.45, 2.75) is 90.1 Å². The quantitative estimate of drug-likeness (QED) is 0.312. The lowest BCUT2D eigenvalue weighted by Crippen LogP contribution is -2.54. The Balaban J connectivity index is 1.41. The molecule has 1 unspecified atom stereocenters. The topological polar surface area (TPSA) is 138 Å². The van der Waals surface area contributed by atoms with E-state index in [0.29, 0.717) is 25.2 Å². The van der Waals surface area contributed by atoms with Crippen LogP contribution in [0, 0.1) is 17.2 Å². The number of ether oxygens (including phenoxy) is 1. The largest absolute Gasteiger partial charge is 0.461 e. The van der Waals surface area contributed by atoms with Gasteiger partial charge in [-0.05, 0) is 69.7 Å². The number of amides is 2. The van der Waals surface area contributed by atoms with Gasteiger partial charge in [-0.1, -0.05) is 25.5 Å². The number of likely N-dealkylation sites (tertiary alicyclic amines) is 2. The van der Waals surface area contributed by atoms with Crippen LogP contribution < -0.4 is 5.32 Å². The highest BCUT2D eigenvalue weighted by molar-refractivity contribution is 7.84. The van der Waals surface area contributed by atoms with Gasteiger partial charge in [0.15, 0.2) is 0 Å². The summed E-state index contributed by atoms with van der Waals surface area (Å²) in [6.45, 7) is 8.16. The zero-order valence-corrected chi connectivity index (χ0v) is 27.6. The normalized spacial score (nSPS) is 21.4. The summed E-state index contributed by atoms with van der Waals surface area (Å²) >= 11 is 0. The van der Waals surface area contributed by atoms with Crippen LogP contribution in [0.25, 0.3) is 0 Å². The van der Waals surface area contributed by atoms with Gasteiger partial charge in [-0.25, -0.2) is 9.78 Å². The van der Waals surface area contributed by atoms with Crippen molar-refractivity contribution in [3.05, 3.63) is 53.6 Å². The van der Waals surface area contributed by atoms with Crippen molar-refractivity contribution in [2.75, 3.05) is 31.6 Å². The van der Waals surface area contributed by atoms with Gasteiger partial charge in [-0.2, -0.15) is 5.26 Å². The van der Waals surface area contributed by atoms with Crippen LogP contribution in [-0.4, -0.2) is 97.2 Å². The molecule has 12 heteroatoms. The molecule has 0 bridgehead atoms. The highest BCUT2D eigenvalue weighted by atomic mass is 32.2. The van der Waals surface area contributed by atoms with Crippen molar-refractivity contribution in [1.82, 2.24) is 24.7 Å². The van der Waals surface area contributed by atoms with Crippen molar-refractivity contribution in [3.8, 4) is 6.07 Å². The Bertz CT molecular complexity index is 1390. The van der Waals surface area contributed by atoms with E-state index >= 15 is 0 Å². The molecule has 0 spiro atoms. The number of carbonyl (C=O) groups is 3. The van der Waals surface area contributed by atoms with Crippen molar-refractivity contribution >= 4 is 28.6 Å². The van der Waals surface area contributed by atoms with Crippen molar-refractivity contribution in [1.29, 1.82) is 5.26 Å². The molecule has 1 aromatic carbocycles. The Morgan fingerprint density at radius 2 is 1.93 bits per heavy atom. The number of nitriles is 1. The van der Waals surface area contributed by atoms with Crippen LogP contribution in [0.4, 0.5) is 0 Å². The van der Waals surface area contributed by atoms with Gasteiger partial charge in [0.25, 0.3) is 0 Å². The molecule has 2 fully saturated rings. The van der Waals surface area contributed by atoms with Gasteiger partial charge in [-0.3, -0.25) is 18.7 Å². The van der Waals surface area contributed by atoms with Gasteiger partial charge in [0.2, 0.25) is 11.8 Å². The first-order chi connectivity index (χ1) is 21.6. The molecule has 2 aliphatic rings. The lowest BCUT2D eigenvalue weighted by atomic mass is 9.96. The minimum Gasteiger partial charge on any atom is -0.461 e. The molecule has 45 heavy (non-hydrogen) atoms. The lowest BCUT2D eigenvalue weighted by molar-refractivity contribution is -0.152. The molecule has 0 saturated carbocycles. The summed E-state index contributed by atoms with van der Waals surface area (Å²) in [6.07, 6.45) is 8.64. The minimum absolute atomic E-state index is 0.0116. The smallest absolute Gasteiger partial charge is 0.328 e. The Morgan fingerprint density at radius 3 is 2.60 bits per heavy atom. The number of carbonyl (C=O) groups excluding carboxylic acids is 3. The number of hydrogen-bond donors (Lipinski definition) is 1. The fraction of sp³-hybridized carbons (Fsp3) is 0.606. The third-order valence-electron chi connectivity index (χ3n) is 8.78. The predicted octanol–water partition coefficient (Wildman–Crippen LogP) is 2.64. The van der Waals surface area contributed by atoms with Gasteiger partial charge in [0.1, 0.15) is 6.04 Å². The highest BCUT2D eigenvalue weighted by Gasteiger charge is 2.42. The second kappa shape index (κ2) is 16.1. The summed E-state index contributed by atoms with van der Waals surface area (Å²) in [5, 5.41) is 12.0. The third-order valence-corrected chi connectivity index (χ3v) is 9.59. The SMILES string of the molecule is CC[C@H]1CCN(C[C@@H]2CCCN2C(=O)Cc2cncn2Cc2ccc(C#N)cc2)[C@@H]1C(=O)N[C@@H](CCS(C)=O)C(=O)OC(C)C. The summed E-state index contributed by atoms with van der Waals surface area (Å²) in [4.78, 5) is 48.6. The number of rotatable bonds is 14. The molecule has 2 aliphatic heterocycles. The molecule has 0 aliphatic carbocycles. The second-order valence-corrected chi connectivity index (χ2v) is 13.9. The lowest BCUT2D eigenvalue weighted by Gasteiger charge is -2.33. The van der Waals surface area contributed by atoms with Crippen LogP contribution >= 0.6 is 0 Å². The molecule has 3 heterocycles. The first kappa shape index (κ1) is 34.3. The first-order valence-electron chi connectivity index (χ1n) is 15.9. The molecule has 0 radical (unpaired) electrons. The molecule has 244 valence electrons. The molecule has 2 saturated heterocycles. The van der Waals surface area contributed by atoms with Gasteiger partial charge in [0, 0.05) is 60.4 Å². The van der Waals surface area contributed by atoms with Gasteiger partial charge >= 0.3 is 5.97 Å². The molecule has 2 aromatic rings. The van der Waals surface area contributed by atoms with E-state index in [1.54, 1.807) is 44.8 Å². The van der Waals surface area contributed by atoms with E-state index in [9.17, 15) is 18.6 Å². The molecule has 4 rings (SSSR count). The Kier molecular flexibility index (Phi) is 12.3. The maximum absolute atomic E-state index is 13.8. The standard InChI is InChI=1S/C33H46N6O5S/c1-5-26-12-15-37(31(26)32(41)36-29(13-16-45(4)43)33(42)44-23(2)3)21-27-7-6-14-39(27)30(40)17-28-19-35-22-38(28)20-25-10-8-24(18-34)9-11-25/h8-11,19,22-23,26-27,29,31H,5-7,12-17,20-21H2,1-4H3,(H,36,41)/t26-,27-,29-,31-,45?/m0/s1. The van der Waals surface area contributed by atoms with Crippen LogP contribution in [0.15, 0.2) is 36.8 Å². The van der Waals surface area contributed by atoms with E-state index in [0.717, 1.165) is 43.5 Å². The highest BCUT2D eigenvalue weighted by Crippen LogP contribution is 2.30. The monoisotopic (exact) mass is 638 g/mol. The molecule has 2 amide bonds. The first-order valence-corrected chi connectivity index (χ1v) is 17.6. The van der Waals surface area contributed by atoms with Crippen LogP contribution in [0.3, 0.4) is 0 Å². The number of nitrogens with zero attached hydrogens (tertiary/aromatic N) is 5. The number of imidazole rings is 1. The van der Waals surface area contributed by atoms with E-state index in [-0.39, 0.29) is 48.5 Å². The fourth-order valence-corrected chi connectivity index (χ4v) is 7.01. The summed E-state index contributed by atoms with van der Waals surface area (Å²) in [5.41, 5.74) is 2.45. The Hall–Kier alpha value is -3.56. The zero-order valence-electron chi connectivity index (χ0n) is 26.8. The van der Waals surface area contributed by atoms with E-state index < -0.39 is 28.9 Å². The average Bonchev–Trinajstić information content (AvgIpc) is 3.75. The average molecular weight is 639 g/mol. The number of nitrogens with one attached hydrogen (secondary N) is 1. The van der Waals surface area contributed by atoms with Gasteiger partial charge in [0.05, 0.1) is 36.5 Å². The maximum Gasteiger partial charge on any atom is 0.328 e. The summed E-state index contributed by atoms with van der Waals surface area (Å²) < 4.78 is 19.1. The number of benzene rings is 1. The van der Waals surface area contributed by atoms with Crippen LogP contribution in [0.5, 0.6) is 0 Å². The molecule has 1 aromatic heterocycles. The third kappa shape index (κ3) is 9.23. The molecule has 1 N–H and O–H groups in total. The second-order valence-electron chi connectivity index (χ2n) is 12.4. The van der Waals surface area contributed by atoms with Crippen molar-refractivity contribution < 1.29 is 23.3 Å². The minimum atomic E-state index is -1.11. The van der Waals surface area contributed by atoms with Crippen molar-refractivity contribution in [2.24, 2.45) is 5.92 Å². The molecular formula is C33H46N6O5S. The Labute approximate surface area is 268 Å². The van der Waals surface area contributed by atoms with Crippen LogP contribution in [-0.2, 0) is 42.9 Å². The van der Waals surface area contributed by atoms with Crippen LogP contribution in [0.1, 0.15) is 69.7 Å². The van der Waals surface area contributed by atoms with Crippen molar-refractivity contribution in [3.63, 3.8) is 0 Å². The number of esters is 1. The van der Waals surface area contributed by atoms with E-state index in [4.69, 9.17) is 10.00 Å². The fourth-order valence-electron chi connectivity index (χ4n) is 6.44. The van der Waals surface area contributed by atoms with Crippen LogP contribution in [0.2, 0.25) is 0 Å². The maximum atomic E-state index is 13.8. The zero-order chi connectivity index (χ0) is 32.5. The number of hydrogen-bond acceptors (Lipinski definition) is 8. The summed E-state index contributed by atoms with van der Waals surface area (Å²) in [5.74, 6) is -0.263. The summed E-state index contributed by atoms with van der Waals surface area (Å²) in [6, 6.07) is 8.23. The van der Waals surface area contributed by atoms with Gasteiger partial charge in [-0.15, -0.1) is 0 Å². The van der Waals surface area contributed by atoms with E-state index in [1.807, 2.05) is 21.6 Å². The number of aromatic nitrogens is 2. The van der Waals surface area contributed by atoms with E-state index in [1.165, 1.54) is 0 Å². The van der Waals surface area contributed by atoms with Gasteiger partial charge < -0.3 is 19.5 Å². The molecule has 5 atom stereocenters. The van der Waals surface area contributed by atoms with E-state index in [2.05, 4.69) is 28.2 Å². The molecule has 11 nitrogen and oxygen atoms in total. The predicted molar refractivity (Wildman–Crippen MR) is 171 cm³/mol. The molecular weight excluding hydrogens is 592 g/mol. The Morgan fingerprint density at radius 1 is 1.18 bits per heavy atom. The summed E-state index contributed by atoms with van der Waals surface area (Å²) in [7, 11) is -1.11.